The van der Waals surface area contributed by atoms with E-state index in [1.165, 1.54) is 6.07 Å². The normalized spacial score (nSPS) is 11.6. The van der Waals surface area contributed by atoms with E-state index in [1.807, 2.05) is 6.92 Å². The van der Waals surface area contributed by atoms with Gasteiger partial charge in [0.1, 0.15) is 10.8 Å². The van der Waals surface area contributed by atoms with E-state index in [-0.39, 0.29) is 30.0 Å². The number of rotatable bonds is 4. The molecule has 1 aromatic carbocycles. The minimum atomic E-state index is 0.0177. The van der Waals surface area contributed by atoms with E-state index in [0.29, 0.717) is 11.6 Å². The fourth-order valence-electron chi connectivity index (χ4n) is 0.868. The molecule has 4 N–H and O–H groups in total. The second-order valence-corrected chi connectivity index (χ2v) is 4.12. The molecule has 1 atom stereocenters. The van der Waals surface area contributed by atoms with Gasteiger partial charge in [-0.25, -0.2) is 0 Å². The highest BCUT2D eigenvalue weighted by Gasteiger charge is 1.99. The Labute approximate surface area is 111 Å². The zero-order chi connectivity index (χ0) is 13.3. The summed E-state index contributed by atoms with van der Waals surface area (Å²) in [6, 6.07) is 4.82. The number of hydrogen-bond acceptors (Lipinski definition) is 4. The molecule has 1 aromatic rings. The van der Waals surface area contributed by atoms with Crippen molar-refractivity contribution in [3.8, 4) is 5.75 Å². The monoisotopic (exact) mass is 281 g/mol. The number of halogens is 2. The van der Waals surface area contributed by atoms with Crippen LogP contribution in [-0.4, -0.2) is 41.1 Å². The van der Waals surface area contributed by atoms with Gasteiger partial charge < -0.3 is 20.6 Å². The van der Waals surface area contributed by atoms with Crippen molar-refractivity contribution >= 4 is 23.2 Å². The van der Waals surface area contributed by atoms with Gasteiger partial charge in [-0.05, 0) is 19.1 Å². The first kappa shape index (κ1) is 16.5. The lowest BCUT2D eigenvalue weighted by Gasteiger charge is -2.07. The van der Waals surface area contributed by atoms with E-state index in [2.05, 4.69) is 5.32 Å². The summed E-state index contributed by atoms with van der Waals surface area (Å²) < 4.78 is 0. The second kappa shape index (κ2) is 9.50. The van der Waals surface area contributed by atoms with Crippen LogP contribution in [0.25, 0.3) is 0 Å². The van der Waals surface area contributed by atoms with Gasteiger partial charge in [-0.1, -0.05) is 29.3 Å². The number of phenols is 1. The summed E-state index contributed by atoms with van der Waals surface area (Å²) >= 11 is 11.0. The van der Waals surface area contributed by atoms with Crippen LogP contribution in [0.3, 0.4) is 0 Å². The van der Waals surface area contributed by atoms with E-state index in [4.69, 9.17) is 38.5 Å². The molecule has 0 fully saturated rings. The lowest BCUT2D eigenvalue weighted by atomic mass is 10.3. The third-order valence-corrected chi connectivity index (χ3v) is 2.62. The summed E-state index contributed by atoms with van der Waals surface area (Å²) in [5.74, 6) is 0.0177. The van der Waals surface area contributed by atoms with Gasteiger partial charge in [0, 0.05) is 12.6 Å². The van der Waals surface area contributed by atoms with Crippen molar-refractivity contribution in [2.45, 2.75) is 13.0 Å². The van der Waals surface area contributed by atoms with Crippen LogP contribution in [0.1, 0.15) is 6.92 Å². The van der Waals surface area contributed by atoms with Crippen LogP contribution in [0, 0.1) is 0 Å². The van der Waals surface area contributed by atoms with Crippen molar-refractivity contribution in [2.24, 2.45) is 0 Å². The molecule has 0 aromatic heterocycles. The van der Waals surface area contributed by atoms with E-state index in [1.54, 1.807) is 12.1 Å². The molecule has 0 heterocycles. The highest BCUT2D eigenvalue weighted by molar-refractivity contribution is 6.42. The molecule has 1 unspecified atom stereocenters. The Hall–Kier alpha value is -0.520. The van der Waals surface area contributed by atoms with E-state index in [9.17, 15) is 0 Å². The largest absolute Gasteiger partial charge is 0.506 e. The van der Waals surface area contributed by atoms with E-state index in [0.717, 1.165) is 0 Å². The molecular formula is C11H17Cl2NO3. The van der Waals surface area contributed by atoms with Gasteiger partial charge in [0.15, 0.2) is 0 Å². The first-order valence-corrected chi connectivity index (χ1v) is 5.86. The number of aliphatic hydroxyl groups excluding tert-OH is 2. The molecule has 4 nitrogen and oxygen atoms in total. The number of benzene rings is 1. The van der Waals surface area contributed by atoms with Gasteiger partial charge in [0.25, 0.3) is 0 Å². The van der Waals surface area contributed by atoms with E-state index >= 15 is 0 Å². The fourth-order valence-corrected chi connectivity index (χ4v) is 1.16. The molecule has 0 amide bonds. The highest BCUT2D eigenvalue weighted by Crippen LogP contribution is 2.29. The molecule has 0 bridgehead atoms. The van der Waals surface area contributed by atoms with Crippen molar-refractivity contribution in [1.29, 1.82) is 0 Å². The Bertz CT molecular complexity index is 303. The lowest BCUT2D eigenvalue weighted by Crippen LogP contribution is -2.31. The minimum absolute atomic E-state index is 0.0177. The molecule has 0 saturated heterocycles. The van der Waals surface area contributed by atoms with Crippen molar-refractivity contribution in [3.05, 3.63) is 28.2 Å². The highest BCUT2D eigenvalue weighted by atomic mass is 35.5. The lowest BCUT2D eigenvalue weighted by molar-refractivity contribution is 0.234. The summed E-state index contributed by atoms with van der Waals surface area (Å²) in [6.07, 6.45) is 0. The van der Waals surface area contributed by atoms with E-state index < -0.39 is 0 Å². The quantitative estimate of drug-likeness (QED) is 0.677. The molecular weight excluding hydrogens is 265 g/mol. The standard InChI is InChI=1S/C6H4Cl2O.C5H13NO2/c7-4-2-1-3-5(9)6(4)8;1-5(4-8)6-2-3-7/h1-3,9H;5-8H,2-4H2,1H3. The van der Waals surface area contributed by atoms with Crippen LogP contribution in [0.2, 0.25) is 10.0 Å². The maximum Gasteiger partial charge on any atom is 0.135 e. The minimum Gasteiger partial charge on any atom is -0.506 e. The molecule has 0 aliphatic rings. The molecule has 0 radical (unpaired) electrons. The first-order valence-electron chi connectivity index (χ1n) is 5.11. The molecule has 98 valence electrons. The summed E-state index contributed by atoms with van der Waals surface area (Å²) in [5, 5.41) is 29.0. The van der Waals surface area contributed by atoms with Crippen LogP contribution in [-0.2, 0) is 0 Å². The Balaban J connectivity index is 0.000000304. The van der Waals surface area contributed by atoms with Crippen molar-refractivity contribution in [3.63, 3.8) is 0 Å². The van der Waals surface area contributed by atoms with Crippen LogP contribution >= 0.6 is 23.2 Å². The molecule has 17 heavy (non-hydrogen) atoms. The third kappa shape index (κ3) is 7.41. The van der Waals surface area contributed by atoms with Gasteiger partial charge in [-0.2, -0.15) is 0 Å². The Kier molecular flexibility index (Phi) is 9.21. The molecule has 0 aliphatic carbocycles. The Morgan fingerprint density at radius 3 is 2.35 bits per heavy atom. The van der Waals surface area contributed by atoms with Gasteiger partial charge in [0.05, 0.1) is 18.2 Å². The van der Waals surface area contributed by atoms with Crippen LogP contribution in [0.15, 0.2) is 18.2 Å². The van der Waals surface area contributed by atoms with Crippen molar-refractivity contribution < 1.29 is 15.3 Å². The predicted molar refractivity (Wildman–Crippen MR) is 69.8 cm³/mol. The maximum atomic E-state index is 8.88. The maximum absolute atomic E-state index is 8.88. The predicted octanol–water partition coefficient (Wildman–Crippen LogP) is 1.65. The smallest absolute Gasteiger partial charge is 0.135 e. The van der Waals surface area contributed by atoms with Gasteiger partial charge in [0.2, 0.25) is 0 Å². The number of hydrogen-bond donors (Lipinski definition) is 4. The summed E-state index contributed by atoms with van der Waals surface area (Å²) in [4.78, 5) is 0. The summed E-state index contributed by atoms with van der Waals surface area (Å²) in [5.41, 5.74) is 0. The second-order valence-electron chi connectivity index (χ2n) is 3.33. The molecule has 6 heteroatoms. The summed E-state index contributed by atoms with van der Waals surface area (Å²) in [6.45, 7) is 2.67. The van der Waals surface area contributed by atoms with Crippen molar-refractivity contribution in [1.82, 2.24) is 5.32 Å². The van der Waals surface area contributed by atoms with Gasteiger partial charge >= 0.3 is 0 Å². The fraction of sp³-hybridized carbons (Fsp3) is 0.455. The van der Waals surface area contributed by atoms with Crippen LogP contribution < -0.4 is 5.32 Å². The zero-order valence-electron chi connectivity index (χ0n) is 9.53. The number of nitrogens with one attached hydrogen (secondary N) is 1. The molecule has 1 rings (SSSR count). The molecule has 0 spiro atoms. The molecule has 0 saturated carbocycles. The number of aliphatic hydroxyl groups is 2. The first-order chi connectivity index (χ1) is 8.02. The van der Waals surface area contributed by atoms with Crippen molar-refractivity contribution in [2.75, 3.05) is 19.8 Å². The number of phenolic OH excluding ortho intramolecular Hbond substituents is 1. The molecule has 0 aliphatic heterocycles. The van der Waals surface area contributed by atoms with Crippen LogP contribution in [0.5, 0.6) is 5.75 Å². The third-order valence-electron chi connectivity index (χ3n) is 1.81. The zero-order valence-corrected chi connectivity index (χ0v) is 11.0. The average Bonchev–Trinajstić information content (AvgIpc) is 2.33. The van der Waals surface area contributed by atoms with Gasteiger partial charge in [-0.3, -0.25) is 0 Å². The van der Waals surface area contributed by atoms with Crippen LogP contribution in [0.4, 0.5) is 0 Å². The Morgan fingerprint density at radius 1 is 1.29 bits per heavy atom. The Morgan fingerprint density at radius 2 is 1.94 bits per heavy atom. The topological polar surface area (TPSA) is 72.7 Å². The van der Waals surface area contributed by atoms with Gasteiger partial charge in [-0.15, -0.1) is 0 Å². The average molecular weight is 282 g/mol. The SMILES string of the molecule is CC(CO)NCCO.Oc1cccc(Cl)c1Cl. The number of aromatic hydroxyl groups is 1. The summed E-state index contributed by atoms with van der Waals surface area (Å²) in [7, 11) is 0.